The van der Waals surface area contributed by atoms with Gasteiger partial charge in [0.1, 0.15) is 5.82 Å². The normalized spacial score (nSPS) is 10.6. The highest BCUT2D eigenvalue weighted by atomic mass is 35.5. The highest BCUT2D eigenvalue weighted by Gasteiger charge is 2.10. The zero-order chi connectivity index (χ0) is 18.7. The molecule has 4 nitrogen and oxygen atoms in total. The maximum Gasteiger partial charge on any atom is 0.257 e. The standard InChI is InChI=1S/C19H13Cl2FN2O2/c20-14-3-1-12(17(21)9-14)10-24-11-13(2-8-18(24)25)19(26)23-16-6-4-15(22)5-7-16/h1-9,11H,10H2,(H,23,26). The van der Waals surface area contributed by atoms with Crippen LogP contribution in [0.4, 0.5) is 10.1 Å². The Hall–Kier alpha value is -2.63. The molecule has 1 amide bonds. The molecular weight excluding hydrogens is 378 g/mol. The molecular formula is C19H13Cl2FN2O2. The Kier molecular flexibility index (Phi) is 5.40. The molecule has 0 saturated heterocycles. The summed E-state index contributed by atoms with van der Waals surface area (Å²) in [5, 5.41) is 3.58. The van der Waals surface area contributed by atoms with E-state index in [4.69, 9.17) is 23.2 Å². The summed E-state index contributed by atoms with van der Waals surface area (Å²) in [5.41, 5.74) is 1.18. The fraction of sp³-hybridized carbons (Fsp3) is 0.0526. The fourth-order valence-corrected chi connectivity index (χ4v) is 2.83. The van der Waals surface area contributed by atoms with Crippen LogP contribution in [0.3, 0.4) is 0 Å². The SMILES string of the molecule is O=C(Nc1ccc(F)cc1)c1ccc(=O)n(Cc2ccc(Cl)cc2Cl)c1. The molecule has 0 unspecified atom stereocenters. The van der Waals surface area contributed by atoms with Crippen molar-refractivity contribution in [1.82, 2.24) is 4.57 Å². The average molecular weight is 391 g/mol. The molecule has 0 aliphatic heterocycles. The lowest BCUT2D eigenvalue weighted by Gasteiger charge is -2.10. The molecule has 0 atom stereocenters. The summed E-state index contributed by atoms with van der Waals surface area (Å²) in [4.78, 5) is 24.5. The van der Waals surface area contributed by atoms with Gasteiger partial charge in [0, 0.05) is 28.0 Å². The van der Waals surface area contributed by atoms with Crippen molar-refractivity contribution < 1.29 is 9.18 Å². The number of carbonyl (C=O) groups excluding carboxylic acids is 1. The van der Waals surface area contributed by atoms with E-state index in [0.717, 1.165) is 0 Å². The second-order valence-corrected chi connectivity index (χ2v) is 6.42. The van der Waals surface area contributed by atoms with Gasteiger partial charge in [0.15, 0.2) is 0 Å². The van der Waals surface area contributed by atoms with Crippen LogP contribution in [0, 0.1) is 5.82 Å². The van der Waals surface area contributed by atoms with Crippen LogP contribution in [0.15, 0.2) is 65.6 Å². The summed E-state index contributed by atoms with van der Waals surface area (Å²) >= 11 is 12.0. The third-order valence-electron chi connectivity index (χ3n) is 3.70. The molecule has 0 aliphatic carbocycles. The molecule has 26 heavy (non-hydrogen) atoms. The van der Waals surface area contributed by atoms with Gasteiger partial charge in [-0.1, -0.05) is 29.3 Å². The van der Waals surface area contributed by atoms with Gasteiger partial charge in [-0.05, 0) is 48.0 Å². The number of hydrogen-bond donors (Lipinski definition) is 1. The van der Waals surface area contributed by atoms with Crippen molar-refractivity contribution in [2.24, 2.45) is 0 Å². The minimum absolute atomic E-state index is 0.201. The van der Waals surface area contributed by atoms with Gasteiger partial charge < -0.3 is 9.88 Å². The summed E-state index contributed by atoms with van der Waals surface area (Å²) in [6.45, 7) is 0.201. The molecule has 0 aliphatic rings. The lowest BCUT2D eigenvalue weighted by atomic mass is 10.2. The predicted molar refractivity (Wildman–Crippen MR) is 101 cm³/mol. The molecule has 132 valence electrons. The van der Waals surface area contributed by atoms with Crippen molar-refractivity contribution in [3.05, 3.63) is 98.1 Å². The van der Waals surface area contributed by atoms with Crippen LogP contribution in [0.1, 0.15) is 15.9 Å². The van der Waals surface area contributed by atoms with Gasteiger partial charge in [-0.3, -0.25) is 9.59 Å². The third-order valence-corrected chi connectivity index (χ3v) is 4.29. The molecule has 0 spiro atoms. The van der Waals surface area contributed by atoms with E-state index < -0.39 is 11.7 Å². The number of amides is 1. The van der Waals surface area contributed by atoms with Gasteiger partial charge >= 0.3 is 0 Å². The number of nitrogens with zero attached hydrogens (tertiary/aromatic N) is 1. The van der Waals surface area contributed by atoms with E-state index >= 15 is 0 Å². The lowest BCUT2D eigenvalue weighted by molar-refractivity contribution is 0.102. The number of pyridine rings is 1. The van der Waals surface area contributed by atoms with E-state index in [1.54, 1.807) is 18.2 Å². The molecule has 0 fully saturated rings. The van der Waals surface area contributed by atoms with Crippen molar-refractivity contribution in [2.45, 2.75) is 6.54 Å². The zero-order valence-electron chi connectivity index (χ0n) is 13.4. The van der Waals surface area contributed by atoms with Gasteiger partial charge in [0.2, 0.25) is 0 Å². The Morgan fingerprint density at radius 1 is 1.04 bits per heavy atom. The van der Waals surface area contributed by atoms with Gasteiger partial charge in [0.25, 0.3) is 11.5 Å². The number of benzene rings is 2. The number of carbonyl (C=O) groups is 1. The summed E-state index contributed by atoms with van der Waals surface area (Å²) < 4.78 is 14.3. The van der Waals surface area contributed by atoms with Crippen LogP contribution < -0.4 is 10.9 Å². The number of nitrogens with one attached hydrogen (secondary N) is 1. The van der Waals surface area contributed by atoms with E-state index in [1.165, 1.54) is 47.2 Å². The summed E-state index contributed by atoms with van der Waals surface area (Å²) in [7, 11) is 0. The number of halogens is 3. The minimum Gasteiger partial charge on any atom is -0.322 e. The molecule has 7 heteroatoms. The number of aromatic nitrogens is 1. The molecule has 2 aromatic carbocycles. The number of anilines is 1. The van der Waals surface area contributed by atoms with Crippen LogP contribution in [-0.4, -0.2) is 10.5 Å². The summed E-state index contributed by atoms with van der Waals surface area (Å²) in [6.07, 6.45) is 1.45. The molecule has 0 saturated carbocycles. The molecule has 1 N–H and O–H groups in total. The van der Waals surface area contributed by atoms with E-state index in [9.17, 15) is 14.0 Å². The number of hydrogen-bond acceptors (Lipinski definition) is 2. The Bertz CT molecular complexity index is 1020. The Balaban J connectivity index is 1.83. The first-order valence-corrected chi connectivity index (χ1v) is 8.39. The quantitative estimate of drug-likeness (QED) is 0.707. The van der Waals surface area contributed by atoms with Crippen LogP contribution in [-0.2, 0) is 6.54 Å². The molecule has 0 bridgehead atoms. The van der Waals surface area contributed by atoms with Gasteiger partial charge in [-0.2, -0.15) is 0 Å². The van der Waals surface area contributed by atoms with Crippen molar-refractivity contribution >= 4 is 34.8 Å². The van der Waals surface area contributed by atoms with Gasteiger partial charge in [-0.25, -0.2) is 4.39 Å². The lowest BCUT2D eigenvalue weighted by Crippen LogP contribution is -2.22. The topological polar surface area (TPSA) is 51.1 Å². The second-order valence-electron chi connectivity index (χ2n) is 5.58. The van der Waals surface area contributed by atoms with Crippen LogP contribution in [0.5, 0.6) is 0 Å². The Labute approximate surface area is 158 Å². The first-order chi connectivity index (χ1) is 12.4. The van der Waals surface area contributed by atoms with Crippen molar-refractivity contribution in [1.29, 1.82) is 0 Å². The second kappa shape index (κ2) is 7.72. The smallest absolute Gasteiger partial charge is 0.257 e. The first-order valence-electron chi connectivity index (χ1n) is 7.64. The maximum absolute atomic E-state index is 12.9. The van der Waals surface area contributed by atoms with E-state index in [1.807, 2.05) is 0 Å². The van der Waals surface area contributed by atoms with Crippen LogP contribution in [0.2, 0.25) is 10.0 Å². The van der Waals surface area contributed by atoms with Crippen molar-refractivity contribution in [3.8, 4) is 0 Å². The Morgan fingerprint density at radius 2 is 1.77 bits per heavy atom. The Morgan fingerprint density at radius 3 is 2.46 bits per heavy atom. The first kappa shape index (κ1) is 18.2. The molecule has 1 heterocycles. The summed E-state index contributed by atoms with van der Waals surface area (Å²) in [5.74, 6) is -0.802. The molecule has 3 aromatic rings. The molecule has 3 rings (SSSR count). The fourth-order valence-electron chi connectivity index (χ4n) is 2.36. The molecule has 1 aromatic heterocycles. The summed E-state index contributed by atoms with van der Waals surface area (Å²) in [6, 6.07) is 13.1. The van der Waals surface area contributed by atoms with Crippen LogP contribution >= 0.6 is 23.2 Å². The molecule has 0 radical (unpaired) electrons. The van der Waals surface area contributed by atoms with Crippen molar-refractivity contribution in [3.63, 3.8) is 0 Å². The van der Waals surface area contributed by atoms with E-state index in [2.05, 4.69) is 5.32 Å². The largest absolute Gasteiger partial charge is 0.322 e. The van der Waals surface area contributed by atoms with E-state index in [-0.39, 0.29) is 12.1 Å². The van der Waals surface area contributed by atoms with Crippen molar-refractivity contribution in [2.75, 3.05) is 5.32 Å². The van der Waals surface area contributed by atoms with Gasteiger partial charge in [0.05, 0.1) is 12.1 Å². The monoisotopic (exact) mass is 390 g/mol. The zero-order valence-corrected chi connectivity index (χ0v) is 14.9. The van der Waals surface area contributed by atoms with E-state index in [0.29, 0.717) is 26.9 Å². The predicted octanol–water partition coefficient (Wildman–Crippen LogP) is 4.59. The third kappa shape index (κ3) is 4.31. The van der Waals surface area contributed by atoms with Gasteiger partial charge in [-0.15, -0.1) is 0 Å². The average Bonchev–Trinajstić information content (AvgIpc) is 2.61. The minimum atomic E-state index is -0.410. The number of rotatable bonds is 4. The maximum atomic E-state index is 12.9. The highest BCUT2D eigenvalue weighted by molar-refractivity contribution is 6.35. The highest BCUT2D eigenvalue weighted by Crippen LogP contribution is 2.21. The van der Waals surface area contributed by atoms with Crippen LogP contribution in [0.25, 0.3) is 0 Å².